The van der Waals surface area contributed by atoms with Crippen molar-refractivity contribution in [3.05, 3.63) is 29.8 Å². The quantitative estimate of drug-likeness (QED) is 0.847. The predicted octanol–water partition coefficient (Wildman–Crippen LogP) is 2.41. The first kappa shape index (κ1) is 17.3. The van der Waals surface area contributed by atoms with E-state index in [0.29, 0.717) is 0 Å². The number of nitrogens with zero attached hydrogens (tertiary/aromatic N) is 1. The first-order valence-corrected chi connectivity index (χ1v) is 8.24. The number of nitrogens with one attached hydrogen (secondary N) is 1. The average Bonchev–Trinajstić information content (AvgIpc) is 2.52. The molecule has 1 aliphatic heterocycles. The molecule has 22 heavy (non-hydrogen) atoms. The second-order valence-electron chi connectivity index (χ2n) is 7.29. The fourth-order valence-corrected chi connectivity index (χ4v) is 2.85. The zero-order valence-corrected chi connectivity index (χ0v) is 14.1. The van der Waals surface area contributed by atoms with Crippen LogP contribution in [-0.4, -0.2) is 44.1 Å². The molecule has 1 aromatic rings. The van der Waals surface area contributed by atoms with E-state index in [0.717, 1.165) is 39.3 Å². The molecule has 0 saturated carbocycles. The van der Waals surface area contributed by atoms with Crippen LogP contribution in [0.1, 0.15) is 32.8 Å². The second-order valence-corrected chi connectivity index (χ2v) is 7.29. The van der Waals surface area contributed by atoms with Crippen LogP contribution in [0.25, 0.3) is 0 Å². The molecule has 1 aromatic carbocycles. The molecule has 1 saturated heterocycles. The van der Waals surface area contributed by atoms with Crippen molar-refractivity contribution in [1.82, 2.24) is 5.32 Å². The van der Waals surface area contributed by atoms with Gasteiger partial charge in [-0.15, -0.1) is 0 Å². The summed E-state index contributed by atoms with van der Waals surface area (Å²) in [4.78, 5) is 2.36. The minimum absolute atomic E-state index is 0.152. The van der Waals surface area contributed by atoms with Gasteiger partial charge < -0.3 is 20.1 Å². The van der Waals surface area contributed by atoms with Crippen LogP contribution in [0.2, 0.25) is 0 Å². The second kappa shape index (κ2) is 7.95. The van der Waals surface area contributed by atoms with Gasteiger partial charge in [-0.2, -0.15) is 0 Å². The highest BCUT2D eigenvalue weighted by Gasteiger charge is 2.17. The normalized spacial score (nSPS) is 17.5. The number of anilines is 1. The van der Waals surface area contributed by atoms with E-state index >= 15 is 0 Å². The lowest BCUT2D eigenvalue weighted by Gasteiger charge is -2.29. The Balaban J connectivity index is 1.85. The van der Waals surface area contributed by atoms with E-state index in [9.17, 15) is 5.11 Å². The highest BCUT2D eigenvalue weighted by atomic mass is 16.5. The summed E-state index contributed by atoms with van der Waals surface area (Å²) in [7, 11) is 0. The van der Waals surface area contributed by atoms with E-state index in [4.69, 9.17) is 4.74 Å². The standard InChI is InChI=1S/C18H30N2O2/c1-18(2,3)12-16(14-21)19-13-15-4-6-17(7-5-15)20-8-10-22-11-9-20/h4-7,16,19,21H,8-14H2,1-3H3. The minimum Gasteiger partial charge on any atom is -0.395 e. The summed E-state index contributed by atoms with van der Waals surface area (Å²) in [5.41, 5.74) is 2.74. The Kier molecular flexibility index (Phi) is 6.24. The molecule has 1 unspecified atom stereocenters. The minimum atomic E-state index is 0.152. The van der Waals surface area contributed by atoms with Crippen LogP contribution in [0.4, 0.5) is 5.69 Å². The van der Waals surface area contributed by atoms with Gasteiger partial charge in [-0.1, -0.05) is 32.9 Å². The zero-order valence-electron chi connectivity index (χ0n) is 14.1. The molecule has 124 valence electrons. The number of hydrogen-bond donors (Lipinski definition) is 2. The monoisotopic (exact) mass is 306 g/mol. The molecule has 4 heteroatoms. The van der Waals surface area contributed by atoms with Crippen molar-refractivity contribution in [2.45, 2.75) is 39.8 Å². The fraction of sp³-hybridized carbons (Fsp3) is 0.667. The van der Waals surface area contributed by atoms with Gasteiger partial charge in [0, 0.05) is 31.4 Å². The van der Waals surface area contributed by atoms with E-state index < -0.39 is 0 Å². The van der Waals surface area contributed by atoms with Crippen molar-refractivity contribution in [1.29, 1.82) is 0 Å². The fourth-order valence-electron chi connectivity index (χ4n) is 2.85. The molecule has 1 aliphatic rings. The lowest BCUT2D eigenvalue weighted by atomic mass is 9.88. The van der Waals surface area contributed by atoms with Crippen LogP contribution in [0.5, 0.6) is 0 Å². The number of ether oxygens (including phenoxy) is 1. The van der Waals surface area contributed by atoms with Gasteiger partial charge in [0.05, 0.1) is 19.8 Å². The van der Waals surface area contributed by atoms with Gasteiger partial charge in [0.1, 0.15) is 0 Å². The zero-order chi connectivity index (χ0) is 16.0. The van der Waals surface area contributed by atoms with Gasteiger partial charge in [0.25, 0.3) is 0 Å². The Labute approximate surface area is 134 Å². The van der Waals surface area contributed by atoms with Crippen molar-refractivity contribution in [3.8, 4) is 0 Å². The van der Waals surface area contributed by atoms with Crippen LogP contribution in [0.15, 0.2) is 24.3 Å². The molecule has 0 amide bonds. The first-order chi connectivity index (χ1) is 10.5. The summed E-state index contributed by atoms with van der Waals surface area (Å²) in [5, 5.41) is 13.0. The Hall–Kier alpha value is -1.10. The topological polar surface area (TPSA) is 44.7 Å². The molecule has 1 atom stereocenters. The van der Waals surface area contributed by atoms with E-state index in [1.54, 1.807) is 0 Å². The number of morpholine rings is 1. The molecular weight excluding hydrogens is 276 g/mol. The smallest absolute Gasteiger partial charge is 0.0642 e. The predicted molar refractivity (Wildman–Crippen MR) is 91.3 cm³/mol. The average molecular weight is 306 g/mol. The van der Waals surface area contributed by atoms with Crippen LogP contribution >= 0.6 is 0 Å². The summed E-state index contributed by atoms with van der Waals surface area (Å²) in [5.74, 6) is 0. The van der Waals surface area contributed by atoms with E-state index in [1.165, 1.54) is 11.3 Å². The summed E-state index contributed by atoms with van der Waals surface area (Å²) >= 11 is 0. The van der Waals surface area contributed by atoms with Crippen LogP contribution in [0.3, 0.4) is 0 Å². The maximum absolute atomic E-state index is 9.50. The summed E-state index contributed by atoms with van der Waals surface area (Å²) in [6.45, 7) is 11.2. The van der Waals surface area contributed by atoms with Gasteiger partial charge >= 0.3 is 0 Å². The number of benzene rings is 1. The maximum atomic E-state index is 9.50. The van der Waals surface area contributed by atoms with Gasteiger partial charge in [-0.25, -0.2) is 0 Å². The number of aliphatic hydroxyl groups is 1. The molecule has 1 fully saturated rings. The molecular formula is C18H30N2O2. The molecule has 4 nitrogen and oxygen atoms in total. The number of rotatable bonds is 6. The Morgan fingerprint density at radius 3 is 2.36 bits per heavy atom. The number of hydrogen-bond acceptors (Lipinski definition) is 4. The molecule has 0 aliphatic carbocycles. The molecule has 0 aromatic heterocycles. The molecule has 2 rings (SSSR count). The van der Waals surface area contributed by atoms with Crippen molar-refractivity contribution < 1.29 is 9.84 Å². The molecule has 1 heterocycles. The number of aliphatic hydroxyl groups excluding tert-OH is 1. The SMILES string of the molecule is CC(C)(C)CC(CO)NCc1ccc(N2CCOCC2)cc1. The van der Waals surface area contributed by atoms with Crippen molar-refractivity contribution in [2.75, 3.05) is 37.8 Å². The van der Waals surface area contributed by atoms with Gasteiger partial charge in [0.2, 0.25) is 0 Å². The Bertz CT molecular complexity index is 433. The molecule has 0 bridgehead atoms. The molecule has 0 radical (unpaired) electrons. The first-order valence-electron chi connectivity index (χ1n) is 8.24. The Morgan fingerprint density at radius 2 is 1.82 bits per heavy atom. The van der Waals surface area contributed by atoms with E-state index in [-0.39, 0.29) is 18.1 Å². The lowest BCUT2D eigenvalue weighted by molar-refractivity contribution is 0.122. The van der Waals surface area contributed by atoms with Crippen molar-refractivity contribution in [3.63, 3.8) is 0 Å². The highest BCUT2D eigenvalue weighted by Crippen LogP contribution is 2.21. The van der Waals surface area contributed by atoms with Crippen molar-refractivity contribution >= 4 is 5.69 Å². The van der Waals surface area contributed by atoms with Crippen LogP contribution in [0, 0.1) is 5.41 Å². The third kappa shape index (κ3) is 5.59. The summed E-state index contributed by atoms with van der Waals surface area (Å²) in [6.07, 6.45) is 0.968. The van der Waals surface area contributed by atoms with Gasteiger partial charge in [-0.3, -0.25) is 0 Å². The lowest BCUT2D eigenvalue weighted by Crippen LogP contribution is -2.36. The van der Waals surface area contributed by atoms with Crippen molar-refractivity contribution in [2.24, 2.45) is 5.41 Å². The van der Waals surface area contributed by atoms with E-state index in [2.05, 4.69) is 55.3 Å². The van der Waals surface area contributed by atoms with Crippen LogP contribution < -0.4 is 10.2 Å². The third-order valence-electron chi connectivity index (χ3n) is 3.99. The summed E-state index contributed by atoms with van der Waals surface area (Å²) in [6, 6.07) is 8.85. The maximum Gasteiger partial charge on any atom is 0.0642 e. The largest absolute Gasteiger partial charge is 0.395 e. The third-order valence-corrected chi connectivity index (χ3v) is 3.99. The molecule has 0 spiro atoms. The van der Waals surface area contributed by atoms with Crippen LogP contribution in [-0.2, 0) is 11.3 Å². The highest BCUT2D eigenvalue weighted by molar-refractivity contribution is 5.47. The van der Waals surface area contributed by atoms with E-state index in [1.807, 2.05) is 0 Å². The van der Waals surface area contributed by atoms with Gasteiger partial charge in [-0.05, 0) is 29.5 Å². The summed E-state index contributed by atoms with van der Waals surface area (Å²) < 4.78 is 5.39. The molecule has 2 N–H and O–H groups in total. The Morgan fingerprint density at radius 1 is 1.18 bits per heavy atom. The van der Waals surface area contributed by atoms with Gasteiger partial charge in [0.15, 0.2) is 0 Å².